The maximum Gasteiger partial charge on any atom is 0.237 e. The molecule has 0 aliphatic carbocycles. The van der Waals surface area contributed by atoms with Gasteiger partial charge in [0, 0.05) is 6.07 Å². The standard InChI is InChI=1S/C10H11O3/c1-7-4-8(12-2)5-10(13-3)9(7)6-11/h4-5H,1-3H3. The topological polar surface area (TPSA) is 35.5 Å². The van der Waals surface area contributed by atoms with Crippen molar-refractivity contribution < 1.29 is 14.3 Å². The molecule has 0 fully saturated rings. The summed E-state index contributed by atoms with van der Waals surface area (Å²) in [5.41, 5.74) is 1.24. The van der Waals surface area contributed by atoms with E-state index in [0.29, 0.717) is 17.1 Å². The zero-order valence-corrected chi connectivity index (χ0v) is 7.88. The lowest BCUT2D eigenvalue weighted by atomic mass is 10.1. The van der Waals surface area contributed by atoms with Crippen LogP contribution in [0.25, 0.3) is 0 Å². The van der Waals surface area contributed by atoms with Gasteiger partial charge in [0.1, 0.15) is 11.5 Å². The highest BCUT2D eigenvalue weighted by molar-refractivity contribution is 5.82. The van der Waals surface area contributed by atoms with Crippen LogP contribution in [0.3, 0.4) is 0 Å². The summed E-state index contributed by atoms with van der Waals surface area (Å²) in [6.07, 6.45) is 1.84. The van der Waals surface area contributed by atoms with Gasteiger partial charge in [-0.05, 0) is 18.6 Å². The summed E-state index contributed by atoms with van der Waals surface area (Å²) in [5, 5.41) is 0. The zero-order valence-electron chi connectivity index (χ0n) is 7.88. The van der Waals surface area contributed by atoms with Crippen LogP contribution in [0.4, 0.5) is 0 Å². The fraction of sp³-hybridized carbons (Fsp3) is 0.300. The third-order valence-corrected chi connectivity index (χ3v) is 1.83. The van der Waals surface area contributed by atoms with Crippen LogP contribution in [0.1, 0.15) is 11.1 Å². The highest BCUT2D eigenvalue weighted by Gasteiger charge is 2.08. The lowest BCUT2D eigenvalue weighted by Gasteiger charge is -2.08. The Balaban J connectivity index is 3.28. The lowest BCUT2D eigenvalue weighted by Crippen LogP contribution is -1.95. The van der Waals surface area contributed by atoms with Crippen LogP contribution >= 0.6 is 0 Å². The Bertz CT molecular complexity index is 318. The van der Waals surface area contributed by atoms with Crippen molar-refractivity contribution in [3.63, 3.8) is 0 Å². The van der Waals surface area contributed by atoms with Gasteiger partial charge in [0.05, 0.1) is 19.8 Å². The molecule has 0 bridgehead atoms. The van der Waals surface area contributed by atoms with Crippen molar-refractivity contribution >= 4 is 6.29 Å². The Morgan fingerprint density at radius 1 is 1.23 bits per heavy atom. The molecule has 0 heterocycles. The summed E-state index contributed by atoms with van der Waals surface area (Å²) in [4.78, 5) is 10.6. The molecule has 0 aromatic heterocycles. The largest absolute Gasteiger partial charge is 0.497 e. The van der Waals surface area contributed by atoms with Gasteiger partial charge in [0.15, 0.2) is 0 Å². The molecule has 0 saturated heterocycles. The number of rotatable bonds is 3. The third kappa shape index (κ3) is 1.80. The minimum Gasteiger partial charge on any atom is -0.497 e. The van der Waals surface area contributed by atoms with E-state index in [1.807, 2.05) is 13.2 Å². The van der Waals surface area contributed by atoms with E-state index in [-0.39, 0.29) is 0 Å². The van der Waals surface area contributed by atoms with E-state index in [1.54, 1.807) is 19.2 Å². The van der Waals surface area contributed by atoms with Gasteiger partial charge < -0.3 is 9.47 Å². The van der Waals surface area contributed by atoms with Crippen LogP contribution in [-0.4, -0.2) is 20.5 Å². The third-order valence-electron chi connectivity index (χ3n) is 1.83. The lowest BCUT2D eigenvalue weighted by molar-refractivity contribution is 0.392. The molecular formula is C10H11O3. The van der Waals surface area contributed by atoms with E-state index in [9.17, 15) is 4.79 Å². The highest BCUT2D eigenvalue weighted by atomic mass is 16.5. The average Bonchev–Trinajstić information content (AvgIpc) is 2.16. The van der Waals surface area contributed by atoms with E-state index < -0.39 is 0 Å². The number of benzene rings is 1. The monoisotopic (exact) mass is 179 g/mol. The fourth-order valence-electron chi connectivity index (χ4n) is 1.13. The van der Waals surface area contributed by atoms with Crippen LogP contribution in [0.5, 0.6) is 11.5 Å². The van der Waals surface area contributed by atoms with Gasteiger partial charge in [-0.1, -0.05) is 0 Å². The number of hydrogen-bond acceptors (Lipinski definition) is 3. The summed E-state index contributed by atoms with van der Waals surface area (Å²) in [7, 11) is 3.08. The number of aryl methyl sites for hydroxylation is 1. The van der Waals surface area contributed by atoms with Crippen LogP contribution in [-0.2, 0) is 4.79 Å². The number of carbonyl (C=O) groups excluding carboxylic acids is 1. The molecule has 13 heavy (non-hydrogen) atoms. The summed E-state index contributed by atoms with van der Waals surface area (Å²) in [6, 6.07) is 3.43. The molecule has 0 aliphatic heterocycles. The molecule has 1 radical (unpaired) electrons. The van der Waals surface area contributed by atoms with Crippen molar-refractivity contribution in [2.75, 3.05) is 14.2 Å². The smallest absolute Gasteiger partial charge is 0.237 e. The first-order valence-corrected chi connectivity index (χ1v) is 3.83. The molecule has 3 nitrogen and oxygen atoms in total. The molecule has 0 spiro atoms. The minimum atomic E-state index is 0.448. The highest BCUT2D eigenvalue weighted by Crippen LogP contribution is 2.26. The predicted octanol–water partition coefficient (Wildman–Crippen LogP) is 1.47. The van der Waals surface area contributed by atoms with Crippen molar-refractivity contribution in [3.05, 3.63) is 23.3 Å². The maximum atomic E-state index is 10.6. The van der Waals surface area contributed by atoms with Gasteiger partial charge in [-0.25, -0.2) is 0 Å². The van der Waals surface area contributed by atoms with Crippen LogP contribution in [0.15, 0.2) is 12.1 Å². The number of ether oxygens (including phenoxy) is 2. The van der Waals surface area contributed by atoms with Crippen LogP contribution in [0.2, 0.25) is 0 Å². The van der Waals surface area contributed by atoms with Crippen molar-refractivity contribution in [2.24, 2.45) is 0 Å². The summed E-state index contributed by atoms with van der Waals surface area (Å²) < 4.78 is 10.0. The first kappa shape index (κ1) is 9.58. The Morgan fingerprint density at radius 2 is 1.92 bits per heavy atom. The first-order chi connectivity index (χ1) is 6.22. The molecule has 0 aliphatic rings. The predicted molar refractivity (Wildman–Crippen MR) is 49.1 cm³/mol. The van der Waals surface area contributed by atoms with E-state index >= 15 is 0 Å². The molecule has 0 N–H and O–H groups in total. The van der Waals surface area contributed by atoms with E-state index in [0.717, 1.165) is 5.56 Å². The maximum absolute atomic E-state index is 10.6. The first-order valence-electron chi connectivity index (χ1n) is 3.83. The summed E-state index contributed by atoms with van der Waals surface area (Å²) >= 11 is 0. The van der Waals surface area contributed by atoms with Gasteiger partial charge in [-0.2, -0.15) is 0 Å². The van der Waals surface area contributed by atoms with Crippen molar-refractivity contribution in [2.45, 2.75) is 6.92 Å². The second kappa shape index (κ2) is 3.94. The molecule has 1 rings (SSSR count). The fourth-order valence-corrected chi connectivity index (χ4v) is 1.13. The Morgan fingerprint density at radius 3 is 2.38 bits per heavy atom. The van der Waals surface area contributed by atoms with Crippen LogP contribution < -0.4 is 9.47 Å². The average molecular weight is 179 g/mol. The zero-order chi connectivity index (χ0) is 9.84. The Labute approximate surface area is 77.3 Å². The van der Waals surface area contributed by atoms with E-state index in [4.69, 9.17) is 9.47 Å². The summed E-state index contributed by atoms with van der Waals surface area (Å²) in [5.74, 6) is 1.17. The quantitative estimate of drug-likeness (QED) is 0.704. The normalized spacial score (nSPS) is 9.46. The van der Waals surface area contributed by atoms with E-state index in [1.165, 1.54) is 7.11 Å². The molecule has 69 valence electrons. The molecule has 0 saturated carbocycles. The van der Waals surface area contributed by atoms with Crippen molar-refractivity contribution in [1.29, 1.82) is 0 Å². The van der Waals surface area contributed by atoms with Gasteiger partial charge in [-0.3, -0.25) is 4.79 Å². The van der Waals surface area contributed by atoms with Gasteiger partial charge in [0.25, 0.3) is 0 Å². The van der Waals surface area contributed by atoms with Gasteiger partial charge >= 0.3 is 0 Å². The molecule has 1 aromatic rings. The SMILES string of the molecule is COc1cc(C)c([C]=O)c(OC)c1. The van der Waals surface area contributed by atoms with Crippen molar-refractivity contribution in [1.82, 2.24) is 0 Å². The molecule has 0 atom stereocenters. The molecule has 0 amide bonds. The molecule has 1 aromatic carbocycles. The number of hydrogen-bond donors (Lipinski definition) is 0. The Hall–Kier alpha value is -1.51. The molecule has 0 unspecified atom stereocenters. The van der Waals surface area contributed by atoms with Gasteiger partial charge in [-0.15, -0.1) is 0 Å². The minimum absolute atomic E-state index is 0.448. The molecular weight excluding hydrogens is 168 g/mol. The second-order valence-electron chi connectivity index (χ2n) is 2.62. The van der Waals surface area contributed by atoms with Crippen molar-refractivity contribution in [3.8, 4) is 11.5 Å². The molecule has 3 heteroatoms. The van der Waals surface area contributed by atoms with Crippen LogP contribution in [0, 0.1) is 6.92 Å². The van der Waals surface area contributed by atoms with Gasteiger partial charge in [0.2, 0.25) is 6.29 Å². The number of methoxy groups -OCH3 is 2. The van der Waals surface area contributed by atoms with E-state index in [2.05, 4.69) is 0 Å². The summed E-state index contributed by atoms with van der Waals surface area (Å²) in [6.45, 7) is 1.81. The second-order valence-corrected chi connectivity index (χ2v) is 2.62. The Kier molecular flexibility index (Phi) is 2.90.